The highest BCUT2D eigenvalue weighted by atomic mass is 19.1. The lowest BCUT2D eigenvalue weighted by Gasteiger charge is -2.39. The molecule has 1 heterocycles. The van der Waals surface area contributed by atoms with Crippen molar-refractivity contribution >= 4 is 5.91 Å². The average molecular weight is 251 g/mol. The molecular formula is C14H18FNO2. The van der Waals surface area contributed by atoms with Gasteiger partial charge < -0.3 is 9.64 Å². The van der Waals surface area contributed by atoms with E-state index in [1.165, 1.54) is 24.3 Å². The van der Waals surface area contributed by atoms with Crippen molar-refractivity contribution in [2.75, 3.05) is 20.2 Å². The van der Waals surface area contributed by atoms with Gasteiger partial charge in [-0.1, -0.05) is 0 Å². The normalized spacial score (nSPS) is 24.1. The molecule has 1 saturated heterocycles. The summed E-state index contributed by atoms with van der Waals surface area (Å²) in [5, 5.41) is 0. The molecule has 1 aromatic carbocycles. The van der Waals surface area contributed by atoms with E-state index in [1.54, 1.807) is 12.0 Å². The van der Waals surface area contributed by atoms with E-state index < -0.39 is 0 Å². The molecule has 3 nitrogen and oxygen atoms in total. The molecule has 1 aliphatic rings. The number of nitrogens with zero attached hydrogens (tertiary/aromatic N) is 1. The number of carbonyl (C=O) groups is 1. The van der Waals surface area contributed by atoms with Crippen molar-refractivity contribution in [3.05, 3.63) is 35.6 Å². The Balaban J connectivity index is 2.11. The second-order valence-corrected chi connectivity index (χ2v) is 4.99. The maximum atomic E-state index is 12.8. The van der Waals surface area contributed by atoms with Gasteiger partial charge in [0.2, 0.25) is 0 Å². The van der Waals surface area contributed by atoms with Crippen molar-refractivity contribution in [3.63, 3.8) is 0 Å². The monoisotopic (exact) mass is 251 g/mol. The quantitative estimate of drug-likeness (QED) is 0.808. The summed E-state index contributed by atoms with van der Waals surface area (Å²) in [5.41, 5.74) is 0.255. The highest BCUT2D eigenvalue weighted by molar-refractivity contribution is 5.94. The highest BCUT2D eigenvalue weighted by Gasteiger charge is 2.33. The molecule has 0 bridgehead atoms. The number of carbonyl (C=O) groups excluding carboxylic acids is 1. The summed E-state index contributed by atoms with van der Waals surface area (Å²) >= 11 is 0. The summed E-state index contributed by atoms with van der Waals surface area (Å²) in [4.78, 5) is 14.0. The van der Waals surface area contributed by atoms with Crippen LogP contribution in [0.4, 0.5) is 4.39 Å². The maximum Gasteiger partial charge on any atom is 0.253 e. The smallest absolute Gasteiger partial charge is 0.253 e. The van der Waals surface area contributed by atoms with Crippen molar-refractivity contribution in [2.24, 2.45) is 0 Å². The van der Waals surface area contributed by atoms with Gasteiger partial charge in [0.15, 0.2) is 0 Å². The van der Waals surface area contributed by atoms with Crippen molar-refractivity contribution in [1.82, 2.24) is 4.90 Å². The summed E-state index contributed by atoms with van der Waals surface area (Å²) in [6.07, 6.45) is 1.88. The number of benzene rings is 1. The van der Waals surface area contributed by atoms with Gasteiger partial charge in [-0.25, -0.2) is 4.39 Å². The zero-order chi connectivity index (χ0) is 13.2. The van der Waals surface area contributed by atoms with E-state index >= 15 is 0 Å². The first-order chi connectivity index (χ1) is 8.54. The van der Waals surface area contributed by atoms with Crippen LogP contribution in [0, 0.1) is 5.82 Å². The van der Waals surface area contributed by atoms with E-state index in [1.807, 2.05) is 6.92 Å². The number of hydrogen-bond acceptors (Lipinski definition) is 2. The predicted octanol–water partition coefficient (Wildman–Crippen LogP) is 2.47. The molecule has 0 saturated carbocycles. The fraction of sp³-hybridized carbons (Fsp3) is 0.500. The topological polar surface area (TPSA) is 29.5 Å². The van der Waals surface area contributed by atoms with Crippen LogP contribution in [0.25, 0.3) is 0 Å². The largest absolute Gasteiger partial charge is 0.377 e. The Labute approximate surface area is 107 Å². The zero-order valence-electron chi connectivity index (χ0n) is 10.8. The summed E-state index contributed by atoms with van der Waals surface area (Å²) in [6.45, 7) is 3.33. The summed E-state index contributed by atoms with van der Waals surface area (Å²) < 4.78 is 18.3. The Morgan fingerprint density at radius 3 is 2.67 bits per heavy atom. The van der Waals surface area contributed by atoms with Crippen LogP contribution in [0.3, 0.4) is 0 Å². The molecule has 0 aliphatic carbocycles. The van der Waals surface area contributed by atoms with Crippen LogP contribution < -0.4 is 0 Å². The minimum absolute atomic E-state index is 0.0574. The van der Waals surface area contributed by atoms with Crippen LogP contribution in [0.5, 0.6) is 0 Å². The third-order valence-electron chi connectivity index (χ3n) is 3.53. The van der Waals surface area contributed by atoms with Crippen LogP contribution in [-0.4, -0.2) is 36.6 Å². The Bertz CT molecular complexity index is 432. The van der Waals surface area contributed by atoms with Crippen molar-refractivity contribution < 1.29 is 13.9 Å². The molecule has 1 amide bonds. The van der Waals surface area contributed by atoms with Crippen LogP contribution in [-0.2, 0) is 4.74 Å². The second-order valence-electron chi connectivity index (χ2n) is 4.99. The van der Waals surface area contributed by atoms with Gasteiger partial charge in [-0.15, -0.1) is 0 Å². The average Bonchev–Trinajstić information content (AvgIpc) is 2.39. The number of likely N-dealkylation sites (tertiary alicyclic amines) is 1. The molecule has 0 N–H and O–H groups in total. The summed E-state index contributed by atoms with van der Waals surface area (Å²) in [6, 6.07) is 5.67. The number of methoxy groups -OCH3 is 1. The van der Waals surface area contributed by atoms with E-state index in [9.17, 15) is 9.18 Å². The molecule has 0 spiro atoms. The first-order valence-electron chi connectivity index (χ1n) is 6.14. The maximum absolute atomic E-state index is 12.8. The van der Waals surface area contributed by atoms with Crippen LogP contribution in [0.2, 0.25) is 0 Å². The Morgan fingerprint density at radius 2 is 2.06 bits per heavy atom. The van der Waals surface area contributed by atoms with Gasteiger partial charge in [-0.2, -0.15) is 0 Å². The molecule has 2 rings (SSSR count). The molecule has 0 aromatic heterocycles. The van der Waals surface area contributed by atoms with Crippen LogP contribution in [0.15, 0.2) is 24.3 Å². The number of piperidine rings is 1. The Morgan fingerprint density at radius 1 is 1.39 bits per heavy atom. The first-order valence-corrected chi connectivity index (χ1v) is 6.14. The van der Waals surface area contributed by atoms with E-state index in [-0.39, 0.29) is 17.3 Å². The Kier molecular flexibility index (Phi) is 3.66. The third-order valence-corrected chi connectivity index (χ3v) is 3.53. The van der Waals surface area contributed by atoms with Crippen molar-refractivity contribution in [2.45, 2.75) is 25.4 Å². The molecule has 1 aliphatic heterocycles. The van der Waals surface area contributed by atoms with E-state index in [0.29, 0.717) is 12.1 Å². The lowest BCUT2D eigenvalue weighted by atomic mass is 9.94. The molecular weight excluding hydrogens is 233 g/mol. The SMILES string of the molecule is COC1(C)CCCN(C(=O)c2ccc(F)cc2)C1. The van der Waals surface area contributed by atoms with Gasteiger partial charge in [0.25, 0.3) is 5.91 Å². The van der Waals surface area contributed by atoms with Gasteiger partial charge in [-0.05, 0) is 44.0 Å². The summed E-state index contributed by atoms with van der Waals surface area (Å²) in [5.74, 6) is -0.384. The fourth-order valence-electron chi connectivity index (χ4n) is 2.32. The minimum Gasteiger partial charge on any atom is -0.377 e. The standard InChI is InChI=1S/C14H18FNO2/c1-14(18-2)8-3-9-16(10-14)13(17)11-4-6-12(15)7-5-11/h4-7H,3,8-10H2,1-2H3. The van der Waals surface area contributed by atoms with Gasteiger partial charge in [0.05, 0.1) is 5.60 Å². The van der Waals surface area contributed by atoms with Crippen LogP contribution in [0.1, 0.15) is 30.1 Å². The predicted molar refractivity (Wildman–Crippen MR) is 67.0 cm³/mol. The second kappa shape index (κ2) is 5.06. The molecule has 0 radical (unpaired) electrons. The van der Waals surface area contributed by atoms with Gasteiger partial charge in [0.1, 0.15) is 5.82 Å². The zero-order valence-corrected chi connectivity index (χ0v) is 10.8. The molecule has 1 atom stereocenters. The first kappa shape index (κ1) is 13.0. The van der Waals surface area contributed by atoms with E-state index in [2.05, 4.69) is 0 Å². The molecule has 4 heteroatoms. The third kappa shape index (κ3) is 2.70. The van der Waals surface area contributed by atoms with Crippen molar-refractivity contribution in [3.8, 4) is 0 Å². The molecule has 18 heavy (non-hydrogen) atoms. The number of ether oxygens (including phenoxy) is 1. The van der Waals surface area contributed by atoms with Gasteiger partial charge in [0, 0.05) is 25.8 Å². The van der Waals surface area contributed by atoms with E-state index in [0.717, 1.165) is 19.4 Å². The van der Waals surface area contributed by atoms with Crippen molar-refractivity contribution in [1.29, 1.82) is 0 Å². The molecule has 1 unspecified atom stereocenters. The Hall–Kier alpha value is -1.42. The summed E-state index contributed by atoms with van der Waals surface area (Å²) in [7, 11) is 1.67. The fourth-order valence-corrected chi connectivity index (χ4v) is 2.32. The molecule has 98 valence electrons. The van der Waals surface area contributed by atoms with E-state index in [4.69, 9.17) is 4.74 Å². The molecule has 1 aromatic rings. The minimum atomic E-state index is -0.327. The number of rotatable bonds is 2. The number of halogens is 1. The lowest BCUT2D eigenvalue weighted by molar-refractivity contribution is -0.0440. The lowest BCUT2D eigenvalue weighted by Crippen LogP contribution is -2.49. The van der Waals surface area contributed by atoms with Gasteiger partial charge in [-0.3, -0.25) is 4.79 Å². The van der Waals surface area contributed by atoms with Gasteiger partial charge >= 0.3 is 0 Å². The molecule has 1 fully saturated rings. The van der Waals surface area contributed by atoms with Crippen LogP contribution >= 0.6 is 0 Å². The highest BCUT2D eigenvalue weighted by Crippen LogP contribution is 2.25. The number of hydrogen-bond donors (Lipinski definition) is 0. The number of amides is 1.